The molecule has 0 unspecified atom stereocenters. The third-order valence-electron chi connectivity index (χ3n) is 4.05. The number of hydrogen-bond acceptors (Lipinski definition) is 5. The third kappa shape index (κ3) is 4.89. The molecular weight excluding hydrogens is 376 g/mol. The minimum absolute atomic E-state index is 0.140. The van der Waals surface area contributed by atoms with Gasteiger partial charge in [-0.1, -0.05) is 18.2 Å². The summed E-state index contributed by atoms with van der Waals surface area (Å²) in [6.45, 7) is 1.82. The van der Waals surface area contributed by atoms with Crippen molar-refractivity contribution in [2.24, 2.45) is 0 Å². The second kappa shape index (κ2) is 8.87. The van der Waals surface area contributed by atoms with E-state index in [1.54, 1.807) is 42.5 Å². The number of nitrogens with zero attached hydrogens (tertiary/aromatic N) is 1. The van der Waals surface area contributed by atoms with Crippen LogP contribution in [0.25, 0.3) is 10.8 Å². The minimum atomic E-state index is -0.501. The van der Waals surface area contributed by atoms with Gasteiger partial charge in [0.15, 0.2) is 6.61 Å². The number of nitrogens with one attached hydrogen (secondary N) is 3. The van der Waals surface area contributed by atoms with E-state index >= 15 is 0 Å². The monoisotopic (exact) mass is 396 g/mol. The van der Waals surface area contributed by atoms with Gasteiger partial charge in [0, 0.05) is 18.3 Å². The van der Waals surface area contributed by atoms with Crippen LogP contribution in [0.3, 0.4) is 0 Å². The van der Waals surface area contributed by atoms with Crippen LogP contribution in [0.4, 0.5) is 5.69 Å². The molecule has 0 radical (unpaired) electrons. The van der Waals surface area contributed by atoms with Gasteiger partial charge in [0.25, 0.3) is 17.0 Å². The quantitative estimate of drug-likeness (QED) is 0.546. The number of benzene rings is 2. The van der Waals surface area contributed by atoms with Crippen LogP contribution in [-0.4, -0.2) is 34.7 Å². The van der Waals surface area contributed by atoms with Crippen LogP contribution in [0.5, 0.6) is 5.75 Å². The highest BCUT2D eigenvalue weighted by Gasteiger charge is 2.11. The summed E-state index contributed by atoms with van der Waals surface area (Å²) in [5, 5.41) is 8.17. The van der Waals surface area contributed by atoms with Crippen molar-refractivity contribution in [2.75, 3.05) is 18.5 Å². The lowest BCUT2D eigenvalue weighted by Crippen LogP contribution is -2.34. The van der Waals surface area contributed by atoms with Crippen molar-refractivity contribution in [2.45, 2.75) is 13.5 Å². The fourth-order valence-electron chi connectivity index (χ4n) is 2.76. The predicted molar refractivity (Wildman–Crippen MR) is 108 cm³/mol. The second-order valence-corrected chi connectivity index (χ2v) is 6.20. The molecule has 2 amide bonds. The molecule has 150 valence electrons. The van der Waals surface area contributed by atoms with Crippen molar-refractivity contribution in [3.05, 3.63) is 69.2 Å². The van der Waals surface area contributed by atoms with E-state index < -0.39 is 17.0 Å². The molecule has 1 aromatic heterocycles. The maximum absolute atomic E-state index is 12.5. The van der Waals surface area contributed by atoms with E-state index in [-0.39, 0.29) is 29.8 Å². The Morgan fingerprint density at radius 3 is 2.55 bits per heavy atom. The summed E-state index contributed by atoms with van der Waals surface area (Å²) in [6, 6.07) is 12.9. The number of amides is 2. The minimum Gasteiger partial charge on any atom is -0.484 e. The lowest BCUT2D eigenvalue weighted by molar-refractivity contribution is -0.123. The third-order valence-corrected chi connectivity index (χ3v) is 4.05. The summed E-state index contributed by atoms with van der Waals surface area (Å²) in [7, 11) is 0. The van der Waals surface area contributed by atoms with E-state index in [2.05, 4.69) is 15.7 Å². The molecule has 2 aromatic carbocycles. The van der Waals surface area contributed by atoms with Crippen LogP contribution in [0.1, 0.15) is 6.92 Å². The number of rotatable bonds is 7. The molecule has 0 bridgehead atoms. The number of H-pyrrole nitrogens is 1. The van der Waals surface area contributed by atoms with Crippen LogP contribution in [0.15, 0.2) is 58.1 Å². The van der Waals surface area contributed by atoms with Crippen LogP contribution in [0.2, 0.25) is 0 Å². The summed E-state index contributed by atoms with van der Waals surface area (Å²) in [5.74, 6) is -0.342. The molecule has 3 N–H and O–H groups in total. The van der Waals surface area contributed by atoms with Gasteiger partial charge >= 0.3 is 0 Å². The standard InChI is InChI=1S/C20H20N4O5/c1-2-21-18(26)12-29-14-7-5-6-13(10-14)22-17(25)11-24-20(28)16-9-4-3-8-15(16)19(27)23-24/h3-10H,2,11-12H2,1H3,(H,21,26)(H,22,25)(H,23,27). The SMILES string of the molecule is CCNC(=O)COc1cccc(NC(=O)Cn2[nH]c(=O)c3ccccc3c2=O)c1. The molecule has 0 saturated carbocycles. The summed E-state index contributed by atoms with van der Waals surface area (Å²) >= 11 is 0. The van der Waals surface area contributed by atoms with Gasteiger partial charge in [0.2, 0.25) is 5.91 Å². The van der Waals surface area contributed by atoms with E-state index in [1.807, 2.05) is 6.92 Å². The van der Waals surface area contributed by atoms with Gasteiger partial charge in [-0.2, -0.15) is 0 Å². The van der Waals surface area contributed by atoms with Gasteiger partial charge in [-0.15, -0.1) is 0 Å². The topological polar surface area (TPSA) is 122 Å². The first-order valence-electron chi connectivity index (χ1n) is 8.99. The molecule has 3 rings (SSSR count). The van der Waals surface area contributed by atoms with Crippen LogP contribution >= 0.6 is 0 Å². The molecule has 0 aliphatic rings. The fraction of sp³-hybridized carbons (Fsp3) is 0.200. The van der Waals surface area contributed by atoms with Crippen LogP contribution < -0.4 is 26.5 Å². The van der Waals surface area contributed by atoms with Crippen molar-refractivity contribution in [3.8, 4) is 5.75 Å². The summed E-state index contributed by atoms with van der Waals surface area (Å²) in [6.07, 6.45) is 0. The Morgan fingerprint density at radius 1 is 1.03 bits per heavy atom. The molecule has 9 heteroatoms. The number of hydrogen-bond donors (Lipinski definition) is 3. The van der Waals surface area contributed by atoms with Gasteiger partial charge in [-0.25, -0.2) is 4.68 Å². The zero-order valence-electron chi connectivity index (χ0n) is 15.7. The van der Waals surface area contributed by atoms with E-state index in [4.69, 9.17) is 4.74 Å². The first-order chi connectivity index (χ1) is 14.0. The van der Waals surface area contributed by atoms with Crippen molar-refractivity contribution in [1.82, 2.24) is 15.1 Å². The molecule has 0 atom stereocenters. The number of carbonyl (C=O) groups is 2. The number of ether oxygens (including phenoxy) is 1. The molecule has 1 heterocycles. The van der Waals surface area contributed by atoms with Crippen LogP contribution in [0, 0.1) is 0 Å². The highest BCUT2D eigenvalue weighted by Crippen LogP contribution is 2.17. The van der Waals surface area contributed by atoms with Crippen molar-refractivity contribution < 1.29 is 14.3 Å². The van der Waals surface area contributed by atoms with Crippen LogP contribution in [-0.2, 0) is 16.1 Å². The Morgan fingerprint density at radius 2 is 1.79 bits per heavy atom. The number of anilines is 1. The summed E-state index contributed by atoms with van der Waals surface area (Å²) in [4.78, 5) is 48.4. The van der Waals surface area contributed by atoms with Gasteiger partial charge in [0.05, 0.1) is 10.8 Å². The van der Waals surface area contributed by atoms with Crippen molar-refractivity contribution in [3.63, 3.8) is 0 Å². The average molecular weight is 396 g/mol. The zero-order chi connectivity index (χ0) is 20.8. The van der Waals surface area contributed by atoms with Crippen molar-refractivity contribution in [1.29, 1.82) is 0 Å². The largest absolute Gasteiger partial charge is 0.484 e. The second-order valence-electron chi connectivity index (χ2n) is 6.20. The number of aromatic amines is 1. The molecule has 0 aliphatic heterocycles. The normalized spacial score (nSPS) is 10.5. The van der Waals surface area contributed by atoms with Gasteiger partial charge < -0.3 is 15.4 Å². The van der Waals surface area contributed by atoms with Gasteiger partial charge in [-0.05, 0) is 31.2 Å². The maximum Gasteiger partial charge on any atom is 0.273 e. The first kappa shape index (κ1) is 19.9. The number of likely N-dealkylation sites (N-methyl/N-ethyl adjacent to an activating group) is 1. The Hall–Kier alpha value is -3.88. The predicted octanol–water partition coefficient (Wildman–Crippen LogP) is 0.843. The Labute approximate surface area is 165 Å². The molecular formula is C20H20N4O5. The Balaban J connectivity index is 1.70. The van der Waals surface area contributed by atoms with E-state index in [1.165, 1.54) is 6.07 Å². The molecule has 0 fully saturated rings. The zero-order valence-corrected chi connectivity index (χ0v) is 15.7. The fourth-order valence-corrected chi connectivity index (χ4v) is 2.76. The van der Waals surface area contributed by atoms with E-state index in [0.717, 1.165) is 4.68 Å². The van der Waals surface area contributed by atoms with E-state index in [0.29, 0.717) is 18.0 Å². The lowest BCUT2D eigenvalue weighted by Gasteiger charge is -2.10. The number of fused-ring (bicyclic) bond motifs is 1. The van der Waals surface area contributed by atoms with Gasteiger partial charge in [0.1, 0.15) is 12.3 Å². The first-order valence-corrected chi connectivity index (χ1v) is 8.99. The highest BCUT2D eigenvalue weighted by atomic mass is 16.5. The lowest BCUT2D eigenvalue weighted by atomic mass is 10.2. The van der Waals surface area contributed by atoms with Crippen molar-refractivity contribution >= 4 is 28.3 Å². The molecule has 3 aromatic rings. The molecule has 0 aliphatic carbocycles. The Kier molecular flexibility index (Phi) is 6.08. The Bertz CT molecular complexity index is 1170. The number of carbonyl (C=O) groups excluding carboxylic acids is 2. The molecule has 9 nitrogen and oxygen atoms in total. The highest BCUT2D eigenvalue weighted by molar-refractivity contribution is 5.91. The van der Waals surface area contributed by atoms with E-state index in [9.17, 15) is 19.2 Å². The summed E-state index contributed by atoms with van der Waals surface area (Å²) in [5.41, 5.74) is -0.484. The molecule has 29 heavy (non-hydrogen) atoms. The summed E-state index contributed by atoms with van der Waals surface area (Å²) < 4.78 is 6.35. The van der Waals surface area contributed by atoms with Gasteiger partial charge in [-0.3, -0.25) is 24.3 Å². The smallest absolute Gasteiger partial charge is 0.273 e. The molecule has 0 spiro atoms. The maximum atomic E-state index is 12.5. The average Bonchev–Trinajstić information content (AvgIpc) is 2.71. The molecule has 0 saturated heterocycles. The number of aromatic nitrogens is 2.